The normalized spacial score (nSPS) is 20.2. The van der Waals surface area contributed by atoms with E-state index in [0.29, 0.717) is 11.0 Å². The Bertz CT molecular complexity index is 444. The van der Waals surface area contributed by atoms with Gasteiger partial charge < -0.3 is 4.90 Å². The Morgan fingerprint density at radius 1 is 0.944 bits per heavy atom. The van der Waals surface area contributed by atoms with E-state index in [1.54, 1.807) is 0 Å². The first-order chi connectivity index (χ1) is 8.75. The SMILES string of the molecule is ON1N(F)C=CN1c1ccc(N2CCCC2)cc1. The molecule has 0 unspecified atom stereocenters. The highest BCUT2D eigenvalue weighted by atomic mass is 19.2. The van der Waals surface area contributed by atoms with E-state index in [4.69, 9.17) is 0 Å². The molecule has 0 atom stereocenters. The average molecular weight is 250 g/mol. The van der Waals surface area contributed by atoms with Gasteiger partial charge in [-0.1, -0.05) is 4.48 Å². The van der Waals surface area contributed by atoms with Gasteiger partial charge in [-0.15, -0.1) is 5.23 Å². The van der Waals surface area contributed by atoms with Gasteiger partial charge in [0.05, 0.1) is 11.9 Å². The number of rotatable bonds is 2. The first-order valence-electron chi connectivity index (χ1n) is 6.02. The van der Waals surface area contributed by atoms with Crippen LogP contribution in [-0.2, 0) is 0 Å². The molecule has 5 nitrogen and oxygen atoms in total. The largest absolute Gasteiger partial charge is 0.372 e. The van der Waals surface area contributed by atoms with Crippen molar-refractivity contribution in [3.8, 4) is 0 Å². The van der Waals surface area contributed by atoms with Crippen LogP contribution < -0.4 is 9.91 Å². The van der Waals surface area contributed by atoms with Crippen LogP contribution >= 0.6 is 0 Å². The molecule has 0 spiro atoms. The molecule has 1 aromatic carbocycles. The lowest BCUT2D eigenvalue weighted by molar-refractivity contribution is -0.289. The fraction of sp³-hybridized carbons (Fsp3) is 0.333. The molecule has 6 heteroatoms. The predicted molar refractivity (Wildman–Crippen MR) is 66.1 cm³/mol. The number of benzene rings is 1. The van der Waals surface area contributed by atoms with Gasteiger partial charge in [-0.25, -0.2) is 5.01 Å². The van der Waals surface area contributed by atoms with E-state index >= 15 is 0 Å². The summed E-state index contributed by atoms with van der Waals surface area (Å²) in [6.07, 6.45) is 5.05. The molecule has 1 fully saturated rings. The first kappa shape index (κ1) is 11.3. The molecule has 96 valence electrons. The predicted octanol–water partition coefficient (Wildman–Crippen LogP) is 2.29. The van der Waals surface area contributed by atoms with E-state index in [2.05, 4.69) is 4.90 Å². The van der Waals surface area contributed by atoms with Crippen LogP contribution in [0.15, 0.2) is 36.7 Å². The van der Waals surface area contributed by atoms with Crippen LogP contribution in [-0.4, -0.2) is 28.8 Å². The van der Waals surface area contributed by atoms with E-state index in [-0.39, 0.29) is 5.23 Å². The van der Waals surface area contributed by atoms with Crippen molar-refractivity contribution in [2.24, 2.45) is 0 Å². The molecule has 18 heavy (non-hydrogen) atoms. The molecule has 3 rings (SSSR count). The highest BCUT2D eigenvalue weighted by Gasteiger charge is 2.23. The maximum absolute atomic E-state index is 13.0. The molecule has 0 aliphatic carbocycles. The number of anilines is 2. The quantitative estimate of drug-likeness (QED) is 0.814. The Morgan fingerprint density at radius 2 is 1.56 bits per heavy atom. The van der Waals surface area contributed by atoms with Gasteiger partial charge in [-0.05, 0) is 37.1 Å². The van der Waals surface area contributed by atoms with Crippen molar-refractivity contribution < 1.29 is 9.69 Å². The van der Waals surface area contributed by atoms with Gasteiger partial charge in [0, 0.05) is 30.3 Å². The lowest BCUT2D eigenvalue weighted by Crippen LogP contribution is -2.37. The molecule has 0 saturated carbocycles. The standard InChI is InChI=1S/C12H15FN4O/c13-16-10-9-15(17(16)18)12-5-3-11(4-6-12)14-7-1-2-8-14/h3-6,9-10,18H,1-2,7-8H2. The van der Waals surface area contributed by atoms with Crippen molar-refractivity contribution in [2.75, 3.05) is 23.0 Å². The molecule has 2 aliphatic heterocycles. The minimum Gasteiger partial charge on any atom is -0.372 e. The Kier molecular flexibility index (Phi) is 2.81. The van der Waals surface area contributed by atoms with E-state index in [0.717, 1.165) is 19.3 Å². The van der Waals surface area contributed by atoms with Gasteiger partial charge in [0.2, 0.25) is 0 Å². The van der Waals surface area contributed by atoms with E-state index in [1.165, 1.54) is 29.7 Å². The van der Waals surface area contributed by atoms with Crippen molar-refractivity contribution in [1.82, 2.24) is 10.5 Å². The number of halogens is 1. The van der Waals surface area contributed by atoms with Crippen molar-refractivity contribution in [3.63, 3.8) is 0 Å². The molecule has 0 bridgehead atoms. The van der Waals surface area contributed by atoms with Gasteiger partial charge >= 0.3 is 0 Å². The summed E-state index contributed by atoms with van der Waals surface area (Å²) in [5, 5.41) is 11.3. The fourth-order valence-corrected chi connectivity index (χ4v) is 2.31. The lowest BCUT2D eigenvalue weighted by Gasteiger charge is -2.24. The summed E-state index contributed by atoms with van der Waals surface area (Å²) >= 11 is 0. The summed E-state index contributed by atoms with van der Waals surface area (Å²) in [6, 6.07) is 7.70. The molecule has 1 aromatic rings. The average Bonchev–Trinajstić information content (AvgIpc) is 3.02. The van der Waals surface area contributed by atoms with Crippen LogP contribution in [0, 0.1) is 0 Å². The third-order valence-corrected chi connectivity index (χ3v) is 3.28. The minimum absolute atomic E-state index is 0.106. The number of hydrazine groups is 2. The molecule has 0 amide bonds. The van der Waals surface area contributed by atoms with Crippen LogP contribution in [0.4, 0.5) is 15.9 Å². The Labute approximate surface area is 105 Å². The van der Waals surface area contributed by atoms with Gasteiger partial charge in [-0.3, -0.25) is 5.21 Å². The summed E-state index contributed by atoms with van der Waals surface area (Å²) in [5.41, 5.74) is 1.87. The smallest absolute Gasteiger partial charge is 0.0740 e. The molecule has 1 N–H and O–H groups in total. The fourth-order valence-electron chi connectivity index (χ4n) is 2.31. The van der Waals surface area contributed by atoms with E-state index in [9.17, 15) is 9.69 Å². The van der Waals surface area contributed by atoms with Crippen molar-refractivity contribution in [3.05, 3.63) is 36.7 Å². The zero-order valence-electron chi connectivity index (χ0n) is 9.91. The monoisotopic (exact) mass is 250 g/mol. The molecule has 2 heterocycles. The van der Waals surface area contributed by atoms with E-state index < -0.39 is 0 Å². The second-order valence-corrected chi connectivity index (χ2v) is 4.41. The Morgan fingerprint density at radius 3 is 2.11 bits per heavy atom. The number of hydrogen-bond acceptors (Lipinski definition) is 5. The number of hydrogen-bond donors (Lipinski definition) is 1. The minimum atomic E-state index is 0.106. The Hall–Kier alpha value is -1.79. The second kappa shape index (κ2) is 4.47. The highest BCUT2D eigenvalue weighted by molar-refractivity contribution is 5.57. The van der Waals surface area contributed by atoms with Crippen LogP contribution in [0.1, 0.15) is 12.8 Å². The summed E-state index contributed by atoms with van der Waals surface area (Å²) < 4.78 is 13.0. The van der Waals surface area contributed by atoms with Gasteiger partial charge in [0.1, 0.15) is 0 Å². The first-order valence-corrected chi connectivity index (χ1v) is 6.02. The summed E-state index contributed by atoms with van der Waals surface area (Å²) in [7, 11) is 0. The van der Waals surface area contributed by atoms with Crippen molar-refractivity contribution >= 4 is 11.4 Å². The van der Waals surface area contributed by atoms with Gasteiger partial charge in [0.15, 0.2) is 0 Å². The maximum atomic E-state index is 13.0. The third-order valence-electron chi connectivity index (χ3n) is 3.28. The Balaban J connectivity index is 1.77. The van der Waals surface area contributed by atoms with Crippen molar-refractivity contribution in [1.29, 1.82) is 0 Å². The van der Waals surface area contributed by atoms with Gasteiger partial charge in [-0.2, -0.15) is 0 Å². The lowest BCUT2D eigenvalue weighted by atomic mass is 10.2. The summed E-state index contributed by atoms with van der Waals surface area (Å²) in [4.78, 5) is 2.32. The zero-order chi connectivity index (χ0) is 12.5. The molecular formula is C12H15FN4O. The second-order valence-electron chi connectivity index (χ2n) is 4.41. The van der Waals surface area contributed by atoms with Crippen LogP contribution in [0.3, 0.4) is 0 Å². The summed E-state index contributed by atoms with van der Waals surface area (Å²) in [5.74, 6) is 0. The number of nitrogens with zero attached hydrogens (tertiary/aromatic N) is 4. The molecule has 1 saturated heterocycles. The van der Waals surface area contributed by atoms with E-state index in [1.807, 2.05) is 24.3 Å². The maximum Gasteiger partial charge on any atom is 0.0740 e. The summed E-state index contributed by atoms with van der Waals surface area (Å²) in [6.45, 7) is 2.18. The zero-order valence-corrected chi connectivity index (χ0v) is 9.91. The van der Waals surface area contributed by atoms with Crippen molar-refractivity contribution in [2.45, 2.75) is 12.8 Å². The topological polar surface area (TPSA) is 33.2 Å². The third kappa shape index (κ3) is 1.89. The molecule has 2 aliphatic rings. The van der Waals surface area contributed by atoms with Crippen LogP contribution in [0.2, 0.25) is 0 Å². The van der Waals surface area contributed by atoms with Gasteiger partial charge in [0.25, 0.3) is 0 Å². The molecular weight excluding hydrogens is 235 g/mol. The molecule has 0 radical (unpaired) electrons. The van der Waals surface area contributed by atoms with Crippen LogP contribution in [0.5, 0.6) is 0 Å². The highest BCUT2D eigenvalue weighted by Crippen LogP contribution is 2.26. The molecule has 0 aromatic heterocycles. The van der Waals surface area contributed by atoms with Crippen LogP contribution in [0.25, 0.3) is 0 Å².